The van der Waals surface area contributed by atoms with Gasteiger partial charge in [0.05, 0.1) is 0 Å². The minimum absolute atomic E-state index is 0.0849. The molecular weight excluding hydrogens is 487 g/mol. The first-order valence-electron chi connectivity index (χ1n) is 11.1. The molecule has 4 nitrogen and oxygen atoms in total. The summed E-state index contributed by atoms with van der Waals surface area (Å²) in [6, 6.07) is 0. The molecule has 0 spiro atoms. The molecule has 4 rings (SSSR count). The van der Waals surface area contributed by atoms with Crippen molar-refractivity contribution in [2.45, 2.75) is 75.7 Å². The molecule has 0 N–H and O–H groups in total. The van der Waals surface area contributed by atoms with E-state index in [9.17, 15) is 27.2 Å². The highest BCUT2D eigenvalue weighted by Crippen LogP contribution is 2.65. The number of alkyl halides is 6. The molecule has 0 saturated heterocycles. The van der Waals surface area contributed by atoms with Crippen LogP contribution in [0.15, 0.2) is 23.5 Å². The Hall–Kier alpha value is -1.28. The zero-order chi connectivity index (χ0) is 24.4. The maximum absolute atomic E-state index is 13.2. The standard InChI is InChI=1S/C23H26Cl2F4O4/c1-20-9-7-13(32-18(30)22(24,26)27)11-12(20)3-4-14-15-5-6-17(33-19(31)23(25,28)29)21(15,2)10-8-16(14)20/h7,11,14-17H,3-6,8-10H2,1-2H3/t14?,15?,16?,17-,20-,21-/m0/s1. The van der Waals surface area contributed by atoms with Crippen LogP contribution >= 0.6 is 23.2 Å². The van der Waals surface area contributed by atoms with Gasteiger partial charge < -0.3 is 9.47 Å². The van der Waals surface area contributed by atoms with Crippen LogP contribution in [-0.2, 0) is 19.1 Å². The highest BCUT2D eigenvalue weighted by atomic mass is 35.5. The Labute approximate surface area is 199 Å². The third-order valence-electron chi connectivity index (χ3n) is 8.62. The molecule has 0 aromatic carbocycles. The number of fused-ring (bicyclic) bond motifs is 5. The van der Waals surface area contributed by atoms with E-state index in [4.69, 9.17) is 32.7 Å². The third kappa shape index (κ3) is 4.30. The molecule has 4 aliphatic carbocycles. The molecule has 184 valence electrons. The topological polar surface area (TPSA) is 52.6 Å². The van der Waals surface area contributed by atoms with Crippen LogP contribution in [0.1, 0.15) is 58.8 Å². The molecule has 0 radical (unpaired) electrons. The van der Waals surface area contributed by atoms with E-state index in [0.29, 0.717) is 31.1 Å². The number of hydrogen-bond donors (Lipinski definition) is 0. The maximum Gasteiger partial charge on any atom is 0.418 e. The fraction of sp³-hybridized carbons (Fsp3) is 0.739. The van der Waals surface area contributed by atoms with Gasteiger partial charge in [0.25, 0.3) is 0 Å². The summed E-state index contributed by atoms with van der Waals surface area (Å²) in [6.45, 7) is 4.16. The lowest BCUT2D eigenvalue weighted by Crippen LogP contribution is -2.51. The number of carbonyl (C=O) groups excluding carboxylic acids is 2. The maximum atomic E-state index is 13.2. The molecule has 0 bridgehead atoms. The summed E-state index contributed by atoms with van der Waals surface area (Å²) in [4.78, 5) is 23.2. The molecule has 6 atom stereocenters. The fourth-order valence-electron chi connectivity index (χ4n) is 6.97. The Kier molecular flexibility index (Phi) is 6.13. The SMILES string of the molecule is C[C@]12CC=C(OC(=O)C(F)(F)Cl)C=C1CCC1C2CC[C@@]2(C)C1CC[C@@H]2OC(=O)C(F)(F)Cl. The summed E-state index contributed by atoms with van der Waals surface area (Å²) in [5.74, 6) is -2.58. The van der Waals surface area contributed by atoms with E-state index in [1.54, 1.807) is 12.2 Å². The van der Waals surface area contributed by atoms with E-state index in [0.717, 1.165) is 31.3 Å². The Morgan fingerprint density at radius 3 is 2.30 bits per heavy atom. The molecule has 3 fully saturated rings. The van der Waals surface area contributed by atoms with Crippen LogP contribution in [-0.4, -0.2) is 28.8 Å². The first-order chi connectivity index (χ1) is 15.2. The van der Waals surface area contributed by atoms with E-state index in [-0.39, 0.29) is 17.1 Å². The van der Waals surface area contributed by atoms with Gasteiger partial charge in [-0.1, -0.05) is 19.4 Å². The molecule has 0 aromatic rings. The van der Waals surface area contributed by atoms with Crippen molar-refractivity contribution in [2.24, 2.45) is 28.6 Å². The van der Waals surface area contributed by atoms with Gasteiger partial charge in [-0.3, -0.25) is 0 Å². The minimum Gasteiger partial charge on any atom is -0.456 e. The number of halogens is 6. The fourth-order valence-corrected chi connectivity index (χ4v) is 7.05. The molecule has 10 heteroatoms. The number of rotatable bonds is 4. The molecule has 3 unspecified atom stereocenters. The van der Waals surface area contributed by atoms with E-state index in [2.05, 4.69) is 6.92 Å². The van der Waals surface area contributed by atoms with Crippen molar-refractivity contribution in [2.75, 3.05) is 0 Å². The zero-order valence-electron chi connectivity index (χ0n) is 18.3. The quantitative estimate of drug-likeness (QED) is 0.243. The monoisotopic (exact) mass is 512 g/mol. The second-order valence-electron chi connectivity index (χ2n) is 10.2. The van der Waals surface area contributed by atoms with Gasteiger partial charge in [0.2, 0.25) is 0 Å². The van der Waals surface area contributed by atoms with E-state index >= 15 is 0 Å². The molecule has 0 aliphatic heterocycles. The van der Waals surface area contributed by atoms with Gasteiger partial charge in [-0.15, -0.1) is 0 Å². The zero-order valence-corrected chi connectivity index (χ0v) is 19.8. The molecule has 0 aromatic heterocycles. The minimum atomic E-state index is -4.08. The van der Waals surface area contributed by atoms with Gasteiger partial charge in [0.15, 0.2) is 0 Å². The molecule has 3 saturated carbocycles. The Morgan fingerprint density at radius 2 is 1.67 bits per heavy atom. The molecular formula is C23H26Cl2F4O4. The summed E-state index contributed by atoms with van der Waals surface area (Å²) in [7, 11) is 0. The molecule has 0 amide bonds. The second-order valence-corrected chi connectivity index (χ2v) is 11.2. The summed E-state index contributed by atoms with van der Waals surface area (Å²) in [5.41, 5.74) is 0.438. The van der Waals surface area contributed by atoms with Crippen molar-refractivity contribution >= 4 is 35.1 Å². The van der Waals surface area contributed by atoms with Gasteiger partial charge in [0.1, 0.15) is 11.9 Å². The second kappa shape index (κ2) is 8.14. The molecule has 33 heavy (non-hydrogen) atoms. The van der Waals surface area contributed by atoms with Crippen molar-refractivity contribution in [1.82, 2.24) is 0 Å². The van der Waals surface area contributed by atoms with E-state index in [1.807, 2.05) is 6.92 Å². The van der Waals surface area contributed by atoms with Crippen molar-refractivity contribution in [3.8, 4) is 0 Å². The normalized spacial score (nSPS) is 38.3. The number of esters is 2. The Balaban J connectivity index is 1.50. The van der Waals surface area contributed by atoms with Crippen molar-refractivity contribution < 1.29 is 36.6 Å². The first-order valence-corrected chi connectivity index (χ1v) is 11.9. The summed E-state index contributed by atoms with van der Waals surface area (Å²) in [6.07, 6.45) is 7.66. The van der Waals surface area contributed by atoms with Gasteiger partial charge in [0, 0.05) is 5.41 Å². The summed E-state index contributed by atoms with van der Waals surface area (Å²) in [5, 5.41) is -8.12. The van der Waals surface area contributed by atoms with Crippen molar-refractivity contribution in [3.05, 3.63) is 23.5 Å². The van der Waals surface area contributed by atoms with Gasteiger partial charge in [-0.2, -0.15) is 17.6 Å². The van der Waals surface area contributed by atoms with Crippen LogP contribution in [0.5, 0.6) is 0 Å². The van der Waals surface area contributed by atoms with Gasteiger partial charge >= 0.3 is 22.7 Å². The lowest BCUT2D eigenvalue weighted by molar-refractivity contribution is -0.176. The lowest BCUT2D eigenvalue weighted by Gasteiger charge is -2.57. The number of allylic oxidation sites excluding steroid dienone is 3. The third-order valence-corrected chi connectivity index (χ3v) is 8.92. The molecule has 4 aliphatic rings. The van der Waals surface area contributed by atoms with Crippen LogP contribution in [0.3, 0.4) is 0 Å². The number of ether oxygens (including phenoxy) is 2. The largest absolute Gasteiger partial charge is 0.456 e. The van der Waals surface area contributed by atoms with Crippen LogP contribution < -0.4 is 0 Å². The van der Waals surface area contributed by atoms with Gasteiger partial charge in [-0.25, -0.2) is 9.59 Å². The Morgan fingerprint density at radius 1 is 1.00 bits per heavy atom. The highest BCUT2D eigenvalue weighted by molar-refractivity contribution is 6.31. The van der Waals surface area contributed by atoms with E-state index in [1.165, 1.54) is 0 Å². The van der Waals surface area contributed by atoms with Crippen LogP contribution in [0.25, 0.3) is 0 Å². The van der Waals surface area contributed by atoms with Crippen LogP contribution in [0.4, 0.5) is 17.6 Å². The predicted molar refractivity (Wildman–Crippen MR) is 113 cm³/mol. The number of carbonyl (C=O) groups is 2. The molecule has 0 heterocycles. The Bertz CT molecular complexity index is 909. The van der Waals surface area contributed by atoms with Crippen molar-refractivity contribution in [1.29, 1.82) is 0 Å². The predicted octanol–water partition coefficient (Wildman–Crippen LogP) is 6.56. The van der Waals surface area contributed by atoms with Crippen LogP contribution in [0, 0.1) is 28.6 Å². The first kappa shape index (κ1) is 24.8. The number of hydrogen-bond acceptors (Lipinski definition) is 4. The van der Waals surface area contributed by atoms with Crippen molar-refractivity contribution in [3.63, 3.8) is 0 Å². The summed E-state index contributed by atoms with van der Waals surface area (Å²) < 4.78 is 62.4. The lowest BCUT2D eigenvalue weighted by atomic mass is 9.48. The average molecular weight is 513 g/mol. The average Bonchev–Trinajstić information content (AvgIpc) is 3.03. The smallest absolute Gasteiger partial charge is 0.418 e. The highest BCUT2D eigenvalue weighted by Gasteiger charge is 2.60. The van der Waals surface area contributed by atoms with Crippen LogP contribution in [0.2, 0.25) is 0 Å². The van der Waals surface area contributed by atoms with E-state index < -0.39 is 34.2 Å². The summed E-state index contributed by atoms with van der Waals surface area (Å²) >= 11 is 9.61. The van der Waals surface area contributed by atoms with Gasteiger partial charge in [-0.05, 0) is 103 Å².